The fraction of sp³-hybridized carbons (Fsp3) is 0.500. The number of carbonyl (C=O) groups excluding carboxylic acids is 1. The van der Waals surface area contributed by atoms with Crippen LogP contribution in [0.1, 0.15) is 25.7 Å². The van der Waals surface area contributed by atoms with Crippen molar-refractivity contribution in [2.75, 3.05) is 11.6 Å². The van der Waals surface area contributed by atoms with Crippen LogP contribution in [0.5, 0.6) is 0 Å². The largest absolute Gasteiger partial charge is 0.446 e. The van der Waals surface area contributed by atoms with Crippen LogP contribution in [0.3, 0.4) is 0 Å². The molecule has 0 aromatic heterocycles. The third-order valence-electron chi connectivity index (χ3n) is 3.37. The van der Waals surface area contributed by atoms with Gasteiger partial charge in [0.2, 0.25) is 10.0 Å². The molecule has 0 radical (unpaired) electrons. The summed E-state index contributed by atoms with van der Waals surface area (Å²) in [7, 11) is -3.27. The van der Waals surface area contributed by atoms with Gasteiger partial charge in [-0.25, -0.2) is 22.3 Å². The van der Waals surface area contributed by atoms with Gasteiger partial charge >= 0.3 is 6.09 Å². The first-order valence-electron chi connectivity index (χ1n) is 7.02. The number of benzene rings is 1. The molecule has 122 valence electrons. The lowest BCUT2D eigenvalue weighted by molar-refractivity contribution is 0.0793. The van der Waals surface area contributed by atoms with Gasteiger partial charge in [-0.05, 0) is 43.5 Å². The SMILES string of the molecule is CS(=O)(=O)N[C@H]1CCC[C@H](OC(=O)Nc2ccc(F)cc2)C1. The van der Waals surface area contributed by atoms with Gasteiger partial charge in [0.05, 0.1) is 6.26 Å². The third-order valence-corrected chi connectivity index (χ3v) is 4.13. The Morgan fingerprint density at radius 1 is 1.27 bits per heavy atom. The van der Waals surface area contributed by atoms with Crippen molar-refractivity contribution in [3.05, 3.63) is 30.1 Å². The van der Waals surface area contributed by atoms with Crippen molar-refractivity contribution in [3.63, 3.8) is 0 Å². The molecule has 2 rings (SSSR count). The van der Waals surface area contributed by atoms with E-state index in [1.165, 1.54) is 24.3 Å². The van der Waals surface area contributed by atoms with Gasteiger partial charge in [0.15, 0.2) is 0 Å². The summed E-state index contributed by atoms with van der Waals surface area (Å²) in [6.45, 7) is 0. The Labute approximate surface area is 129 Å². The molecule has 0 bridgehead atoms. The quantitative estimate of drug-likeness (QED) is 0.887. The summed E-state index contributed by atoms with van der Waals surface area (Å²) >= 11 is 0. The lowest BCUT2D eigenvalue weighted by Gasteiger charge is -2.28. The molecule has 0 spiro atoms. The number of hydrogen-bond donors (Lipinski definition) is 2. The zero-order valence-electron chi connectivity index (χ0n) is 12.2. The van der Waals surface area contributed by atoms with E-state index >= 15 is 0 Å². The van der Waals surface area contributed by atoms with Crippen LogP contribution in [0.15, 0.2) is 24.3 Å². The summed E-state index contributed by atoms with van der Waals surface area (Å²) < 4.78 is 43.1. The standard InChI is InChI=1S/C14H19FN2O4S/c1-22(19,20)17-12-3-2-4-13(9-12)21-14(18)16-11-7-5-10(15)6-8-11/h5-8,12-13,17H,2-4,9H2,1H3,(H,16,18)/t12-,13-/m0/s1. The highest BCUT2D eigenvalue weighted by molar-refractivity contribution is 7.88. The Balaban J connectivity index is 1.84. The van der Waals surface area contributed by atoms with Gasteiger partial charge in [0.25, 0.3) is 0 Å². The second kappa shape index (κ2) is 7.06. The van der Waals surface area contributed by atoms with Crippen molar-refractivity contribution < 1.29 is 22.3 Å². The molecule has 6 nitrogen and oxygen atoms in total. The van der Waals surface area contributed by atoms with E-state index < -0.39 is 16.1 Å². The fourth-order valence-electron chi connectivity index (χ4n) is 2.49. The first-order valence-corrected chi connectivity index (χ1v) is 8.91. The topological polar surface area (TPSA) is 84.5 Å². The second-order valence-corrected chi connectivity index (χ2v) is 7.19. The van der Waals surface area contributed by atoms with E-state index in [-0.39, 0.29) is 18.0 Å². The van der Waals surface area contributed by atoms with Crippen LogP contribution in [-0.4, -0.2) is 32.9 Å². The molecular formula is C14H19FN2O4S. The van der Waals surface area contributed by atoms with Gasteiger partial charge in [-0.1, -0.05) is 0 Å². The van der Waals surface area contributed by atoms with Crippen molar-refractivity contribution in [3.8, 4) is 0 Å². The maximum Gasteiger partial charge on any atom is 0.411 e. The van der Waals surface area contributed by atoms with Crippen LogP contribution in [0.4, 0.5) is 14.9 Å². The molecule has 1 aromatic carbocycles. The smallest absolute Gasteiger partial charge is 0.411 e. The molecule has 22 heavy (non-hydrogen) atoms. The Kier molecular flexibility index (Phi) is 5.36. The van der Waals surface area contributed by atoms with Crippen LogP contribution in [0, 0.1) is 5.82 Å². The van der Waals surface area contributed by atoms with Crippen molar-refractivity contribution in [1.29, 1.82) is 0 Å². The van der Waals surface area contributed by atoms with Crippen LogP contribution in [0.2, 0.25) is 0 Å². The minimum atomic E-state index is -3.27. The van der Waals surface area contributed by atoms with Crippen LogP contribution in [-0.2, 0) is 14.8 Å². The average molecular weight is 330 g/mol. The summed E-state index contributed by atoms with van der Waals surface area (Å²) in [5.41, 5.74) is 0.438. The second-order valence-electron chi connectivity index (χ2n) is 5.41. The molecule has 1 aliphatic rings. The number of carbonyl (C=O) groups is 1. The molecule has 2 atom stereocenters. The molecule has 1 aromatic rings. The van der Waals surface area contributed by atoms with Gasteiger partial charge in [-0.15, -0.1) is 0 Å². The lowest BCUT2D eigenvalue weighted by Crippen LogP contribution is -2.40. The normalized spacial score (nSPS) is 22.1. The number of ether oxygens (including phenoxy) is 1. The predicted octanol–water partition coefficient (Wildman–Crippen LogP) is 2.23. The van der Waals surface area contributed by atoms with Gasteiger partial charge in [0, 0.05) is 18.2 Å². The Morgan fingerprint density at radius 2 is 1.95 bits per heavy atom. The summed E-state index contributed by atoms with van der Waals surface area (Å²) in [5.74, 6) is -0.388. The molecule has 1 fully saturated rings. The monoisotopic (exact) mass is 330 g/mol. The molecule has 1 aliphatic carbocycles. The Hall–Kier alpha value is -1.67. The van der Waals surface area contributed by atoms with E-state index in [1.807, 2.05) is 0 Å². The van der Waals surface area contributed by atoms with E-state index in [0.717, 1.165) is 19.1 Å². The predicted molar refractivity (Wildman–Crippen MR) is 80.5 cm³/mol. The van der Waals surface area contributed by atoms with Crippen LogP contribution in [0.25, 0.3) is 0 Å². The van der Waals surface area contributed by atoms with Gasteiger partial charge in [0.1, 0.15) is 11.9 Å². The zero-order chi connectivity index (χ0) is 16.2. The molecule has 8 heteroatoms. The molecule has 2 N–H and O–H groups in total. The molecule has 0 aliphatic heterocycles. The first-order chi connectivity index (χ1) is 10.3. The molecular weight excluding hydrogens is 311 g/mol. The zero-order valence-corrected chi connectivity index (χ0v) is 13.0. The molecule has 0 heterocycles. The molecule has 0 saturated heterocycles. The van der Waals surface area contributed by atoms with Crippen molar-refractivity contribution in [2.24, 2.45) is 0 Å². The molecule has 1 amide bonds. The number of sulfonamides is 1. The number of amides is 1. The van der Waals surface area contributed by atoms with Crippen LogP contribution >= 0.6 is 0 Å². The summed E-state index contributed by atoms with van der Waals surface area (Å²) in [4.78, 5) is 11.8. The first kappa shape index (κ1) is 16.7. The van der Waals surface area contributed by atoms with E-state index in [2.05, 4.69) is 10.0 Å². The highest BCUT2D eigenvalue weighted by Crippen LogP contribution is 2.22. The Morgan fingerprint density at radius 3 is 2.59 bits per heavy atom. The van der Waals surface area contributed by atoms with E-state index in [9.17, 15) is 17.6 Å². The number of anilines is 1. The summed E-state index contributed by atoms with van der Waals surface area (Å²) in [5, 5.41) is 2.51. The van der Waals surface area contributed by atoms with E-state index in [1.54, 1.807) is 0 Å². The maximum absolute atomic E-state index is 12.8. The van der Waals surface area contributed by atoms with Crippen molar-refractivity contribution in [2.45, 2.75) is 37.8 Å². The highest BCUT2D eigenvalue weighted by Gasteiger charge is 2.26. The molecule has 1 saturated carbocycles. The summed E-state index contributed by atoms with van der Waals surface area (Å²) in [6, 6.07) is 5.13. The van der Waals surface area contributed by atoms with Crippen molar-refractivity contribution in [1.82, 2.24) is 4.72 Å². The number of nitrogens with one attached hydrogen (secondary N) is 2. The van der Waals surface area contributed by atoms with Gasteiger partial charge in [-0.3, -0.25) is 5.32 Å². The van der Waals surface area contributed by atoms with E-state index in [4.69, 9.17) is 4.74 Å². The fourth-order valence-corrected chi connectivity index (χ4v) is 3.31. The average Bonchev–Trinajstić information content (AvgIpc) is 2.40. The lowest BCUT2D eigenvalue weighted by atomic mass is 9.94. The third kappa shape index (κ3) is 5.61. The van der Waals surface area contributed by atoms with Crippen LogP contribution < -0.4 is 10.0 Å². The minimum absolute atomic E-state index is 0.215. The maximum atomic E-state index is 12.8. The van der Waals surface area contributed by atoms with Gasteiger partial charge < -0.3 is 4.74 Å². The number of rotatable bonds is 4. The number of halogens is 1. The number of hydrogen-bond acceptors (Lipinski definition) is 4. The minimum Gasteiger partial charge on any atom is -0.446 e. The van der Waals surface area contributed by atoms with Gasteiger partial charge in [-0.2, -0.15) is 0 Å². The Bertz CT molecular complexity index is 618. The highest BCUT2D eigenvalue weighted by atomic mass is 32.2. The molecule has 0 unspecified atom stereocenters. The van der Waals surface area contributed by atoms with Crippen molar-refractivity contribution >= 4 is 21.8 Å². The summed E-state index contributed by atoms with van der Waals surface area (Å²) in [6.07, 6.45) is 2.79. The van der Waals surface area contributed by atoms with E-state index in [0.29, 0.717) is 18.5 Å².